The van der Waals surface area contributed by atoms with Gasteiger partial charge < -0.3 is 19.9 Å². The number of rotatable bonds is 7. The van der Waals surface area contributed by atoms with E-state index in [1.54, 1.807) is 19.2 Å². The van der Waals surface area contributed by atoms with Crippen LogP contribution in [0.25, 0.3) is 0 Å². The summed E-state index contributed by atoms with van der Waals surface area (Å²) in [6, 6.07) is 26.2. The van der Waals surface area contributed by atoms with Gasteiger partial charge in [0.15, 0.2) is 0 Å². The molecule has 1 aliphatic heterocycles. The molecule has 6 heteroatoms. The lowest BCUT2D eigenvalue weighted by Gasteiger charge is -2.37. The van der Waals surface area contributed by atoms with Crippen molar-refractivity contribution in [3.8, 4) is 5.75 Å². The van der Waals surface area contributed by atoms with Crippen LogP contribution in [0.1, 0.15) is 15.9 Å². The summed E-state index contributed by atoms with van der Waals surface area (Å²) in [7, 11) is 1.66. The number of amides is 2. The average Bonchev–Trinajstić information content (AvgIpc) is 2.89. The molecule has 4 rings (SSSR count). The van der Waals surface area contributed by atoms with Crippen LogP contribution < -0.4 is 15.0 Å². The van der Waals surface area contributed by atoms with E-state index in [0.29, 0.717) is 25.1 Å². The molecule has 33 heavy (non-hydrogen) atoms. The number of nitrogens with zero attached hydrogens (tertiary/aromatic N) is 2. The zero-order valence-corrected chi connectivity index (χ0v) is 18.8. The lowest BCUT2D eigenvalue weighted by molar-refractivity contribution is -0.133. The van der Waals surface area contributed by atoms with Gasteiger partial charge in [0, 0.05) is 49.9 Å². The van der Waals surface area contributed by atoms with Crippen LogP contribution in [0.4, 0.5) is 5.69 Å². The van der Waals surface area contributed by atoms with Crippen LogP contribution in [0.5, 0.6) is 5.75 Å². The van der Waals surface area contributed by atoms with Gasteiger partial charge in [-0.1, -0.05) is 54.6 Å². The van der Waals surface area contributed by atoms with E-state index >= 15 is 0 Å². The van der Waals surface area contributed by atoms with Gasteiger partial charge in [-0.05, 0) is 29.8 Å². The van der Waals surface area contributed by atoms with Crippen molar-refractivity contribution in [1.29, 1.82) is 0 Å². The lowest BCUT2D eigenvalue weighted by atomic mass is 10.0. The van der Waals surface area contributed by atoms with Crippen LogP contribution in [-0.4, -0.2) is 56.0 Å². The van der Waals surface area contributed by atoms with E-state index in [1.807, 2.05) is 71.6 Å². The molecule has 0 unspecified atom stereocenters. The van der Waals surface area contributed by atoms with Crippen LogP contribution in [0.3, 0.4) is 0 Å². The molecular formula is C27H29N3O3. The van der Waals surface area contributed by atoms with Crippen molar-refractivity contribution >= 4 is 17.5 Å². The van der Waals surface area contributed by atoms with E-state index < -0.39 is 6.04 Å². The SMILES string of the molecule is COc1cccc(N2CCN(C(=O)[C@@H](Cc3ccccc3)NC(=O)c3ccccc3)CC2)c1. The summed E-state index contributed by atoms with van der Waals surface area (Å²) >= 11 is 0. The van der Waals surface area contributed by atoms with Gasteiger partial charge in [0.2, 0.25) is 5.91 Å². The van der Waals surface area contributed by atoms with Crippen molar-refractivity contribution in [3.05, 3.63) is 96.1 Å². The zero-order valence-electron chi connectivity index (χ0n) is 18.8. The molecule has 0 radical (unpaired) electrons. The van der Waals surface area contributed by atoms with Crippen LogP contribution >= 0.6 is 0 Å². The highest BCUT2D eigenvalue weighted by Gasteiger charge is 2.29. The minimum atomic E-state index is -0.622. The van der Waals surface area contributed by atoms with Gasteiger partial charge in [-0.2, -0.15) is 0 Å². The molecule has 0 aromatic heterocycles. The normalized spacial score (nSPS) is 14.5. The molecule has 1 N–H and O–H groups in total. The summed E-state index contributed by atoms with van der Waals surface area (Å²) in [5, 5.41) is 2.98. The molecule has 2 amide bonds. The van der Waals surface area contributed by atoms with Gasteiger partial charge in [0.25, 0.3) is 5.91 Å². The van der Waals surface area contributed by atoms with Crippen LogP contribution in [-0.2, 0) is 11.2 Å². The Bertz CT molecular complexity index is 1060. The molecule has 3 aromatic carbocycles. The highest BCUT2D eigenvalue weighted by Crippen LogP contribution is 2.22. The number of carbonyl (C=O) groups excluding carboxylic acids is 2. The van der Waals surface area contributed by atoms with Crippen molar-refractivity contribution in [1.82, 2.24) is 10.2 Å². The van der Waals surface area contributed by atoms with E-state index in [1.165, 1.54) is 0 Å². The summed E-state index contributed by atoms with van der Waals surface area (Å²) in [6.07, 6.45) is 0.453. The molecule has 1 heterocycles. The van der Waals surface area contributed by atoms with Crippen molar-refractivity contribution in [3.63, 3.8) is 0 Å². The first-order valence-electron chi connectivity index (χ1n) is 11.2. The Balaban J connectivity index is 1.45. The maximum absolute atomic E-state index is 13.5. The monoisotopic (exact) mass is 443 g/mol. The third kappa shape index (κ3) is 5.71. The minimum Gasteiger partial charge on any atom is -0.497 e. The first-order chi connectivity index (χ1) is 16.1. The van der Waals surface area contributed by atoms with Gasteiger partial charge in [0.1, 0.15) is 11.8 Å². The Hall–Kier alpha value is -3.80. The van der Waals surface area contributed by atoms with E-state index in [9.17, 15) is 9.59 Å². The van der Waals surface area contributed by atoms with E-state index in [2.05, 4.69) is 16.3 Å². The topological polar surface area (TPSA) is 61.9 Å². The number of carbonyl (C=O) groups is 2. The molecule has 0 spiro atoms. The number of piperazine rings is 1. The molecule has 1 atom stereocenters. The molecule has 3 aromatic rings. The Labute approximate surface area is 194 Å². The van der Waals surface area contributed by atoms with Crippen molar-refractivity contribution in [2.75, 3.05) is 38.2 Å². The summed E-state index contributed by atoms with van der Waals surface area (Å²) in [6.45, 7) is 2.65. The summed E-state index contributed by atoms with van der Waals surface area (Å²) in [4.78, 5) is 30.4. The maximum Gasteiger partial charge on any atom is 0.251 e. The Morgan fingerprint density at radius 1 is 0.879 bits per heavy atom. The predicted molar refractivity (Wildman–Crippen MR) is 130 cm³/mol. The number of anilines is 1. The molecule has 0 bridgehead atoms. The lowest BCUT2D eigenvalue weighted by Crippen LogP contribution is -2.55. The molecule has 0 aliphatic carbocycles. The Kier molecular flexibility index (Phi) is 7.25. The molecule has 0 saturated carbocycles. The highest BCUT2D eigenvalue weighted by atomic mass is 16.5. The largest absolute Gasteiger partial charge is 0.497 e. The van der Waals surface area contributed by atoms with Crippen molar-refractivity contribution in [2.45, 2.75) is 12.5 Å². The smallest absolute Gasteiger partial charge is 0.251 e. The molecule has 1 fully saturated rings. The fraction of sp³-hybridized carbons (Fsp3) is 0.259. The van der Waals surface area contributed by atoms with Crippen molar-refractivity contribution < 1.29 is 14.3 Å². The molecule has 170 valence electrons. The second-order valence-electron chi connectivity index (χ2n) is 8.10. The minimum absolute atomic E-state index is 0.0478. The molecule has 1 aliphatic rings. The van der Waals surface area contributed by atoms with E-state index in [0.717, 1.165) is 30.1 Å². The van der Waals surface area contributed by atoms with Crippen LogP contribution in [0, 0.1) is 0 Å². The van der Waals surface area contributed by atoms with Gasteiger partial charge >= 0.3 is 0 Å². The third-order valence-corrected chi connectivity index (χ3v) is 5.93. The Morgan fingerprint density at radius 3 is 2.21 bits per heavy atom. The quantitative estimate of drug-likeness (QED) is 0.608. The van der Waals surface area contributed by atoms with E-state index in [-0.39, 0.29) is 11.8 Å². The number of benzene rings is 3. The van der Waals surface area contributed by atoms with Crippen molar-refractivity contribution in [2.24, 2.45) is 0 Å². The zero-order chi connectivity index (χ0) is 23.0. The van der Waals surface area contributed by atoms with Gasteiger partial charge in [-0.15, -0.1) is 0 Å². The van der Waals surface area contributed by atoms with E-state index in [4.69, 9.17) is 4.74 Å². The fourth-order valence-corrected chi connectivity index (χ4v) is 4.09. The average molecular weight is 444 g/mol. The number of nitrogens with one attached hydrogen (secondary N) is 1. The first kappa shape index (κ1) is 22.4. The maximum atomic E-state index is 13.5. The van der Waals surface area contributed by atoms with Gasteiger partial charge in [0.05, 0.1) is 7.11 Å². The molecular weight excluding hydrogens is 414 g/mol. The summed E-state index contributed by atoms with van der Waals surface area (Å²) in [5.74, 6) is 0.533. The van der Waals surface area contributed by atoms with Gasteiger partial charge in [-0.3, -0.25) is 9.59 Å². The predicted octanol–water partition coefficient (Wildman–Crippen LogP) is 3.39. The molecule has 6 nitrogen and oxygen atoms in total. The van der Waals surface area contributed by atoms with Crippen LogP contribution in [0.15, 0.2) is 84.9 Å². The standard InChI is InChI=1S/C27H29N3O3/c1-33-24-14-8-13-23(20-24)29-15-17-30(18-16-29)27(32)25(19-21-9-4-2-5-10-21)28-26(31)22-11-6-3-7-12-22/h2-14,20,25H,15-19H2,1H3,(H,28,31)/t25-/m1/s1. The molecule has 1 saturated heterocycles. The second-order valence-corrected chi connectivity index (χ2v) is 8.10. The number of methoxy groups -OCH3 is 1. The highest BCUT2D eigenvalue weighted by molar-refractivity contribution is 5.97. The summed E-state index contributed by atoms with van der Waals surface area (Å²) < 4.78 is 5.34. The number of hydrogen-bond donors (Lipinski definition) is 1. The number of ether oxygens (including phenoxy) is 1. The first-order valence-corrected chi connectivity index (χ1v) is 11.2. The summed E-state index contributed by atoms with van der Waals surface area (Å²) in [5.41, 5.74) is 2.64. The second kappa shape index (κ2) is 10.7. The number of hydrogen-bond acceptors (Lipinski definition) is 4. The third-order valence-electron chi connectivity index (χ3n) is 5.93. The fourth-order valence-electron chi connectivity index (χ4n) is 4.09. The van der Waals surface area contributed by atoms with Crippen LogP contribution in [0.2, 0.25) is 0 Å². The van der Waals surface area contributed by atoms with Gasteiger partial charge in [-0.25, -0.2) is 0 Å². The Morgan fingerprint density at radius 2 is 1.55 bits per heavy atom.